The number of amides is 1. The number of hydrogen-bond acceptors (Lipinski definition) is 7. The number of benzene rings is 2. The Bertz CT molecular complexity index is 1030. The van der Waals surface area contributed by atoms with Crippen molar-refractivity contribution in [3.8, 4) is 11.5 Å². The second kappa shape index (κ2) is 10.0. The number of hydrazone groups is 1. The van der Waals surface area contributed by atoms with Crippen LogP contribution in [0.1, 0.15) is 18.9 Å². The van der Waals surface area contributed by atoms with Gasteiger partial charge in [-0.1, -0.05) is 24.3 Å². The molecule has 0 saturated carbocycles. The highest BCUT2D eigenvalue weighted by Gasteiger charge is 2.36. The summed E-state index contributed by atoms with van der Waals surface area (Å²) in [5.74, 6) is 1.35. The van der Waals surface area contributed by atoms with Gasteiger partial charge in [0.2, 0.25) is 0 Å². The monoisotopic (exact) mass is 450 g/mol. The Morgan fingerprint density at radius 3 is 2.30 bits per heavy atom. The molecule has 0 aromatic heterocycles. The lowest BCUT2D eigenvalue weighted by Crippen LogP contribution is -2.50. The normalized spacial score (nSPS) is 18.8. The van der Waals surface area contributed by atoms with Crippen LogP contribution in [0.25, 0.3) is 0 Å². The van der Waals surface area contributed by atoms with E-state index in [-0.39, 0.29) is 11.7 Å². The lowest BCUT2D eigenvalue weighted by molar-refractivity contribution is -0.125. The molecular weight excluding hydrogens is 420 g/mol. The zero-order chi connectivity index (χ0) is 23.4. The van der Waals surface area contributed by atoms with Gasteiger partial charge in [-0.25, -0.2) is 0 Å². The van der Waals surface area contributed by atoms with Crippen molar-refractivity contribution < 1.29 is 19.1 Å². The van der Waals surface area contributed by atoms with Crippen LogP contribution in [-0.2, 0) is 16.1 Å². The number of carbonyl (C=O) groups excluding carboxylic acids is 2. The highest BCUT2D eigenvalue weighted by molar-refractivity contribution is 6.40. The van der Waals surface area contributed by atoms with Crippen molar-refractivity contribution in [3.63, 3.8) is 0 Å². The van der Waals surface area contributed by atoms with Crippen LogP contribution in [0.3, 0.4) is 0 Å². The molecule has 1 atom stereocenters. The van der Waals surface area contributed by atoms with Crippen LogP contribution < -0.4 is 14.5 Å². The van der Waals surface area contributed by atoms with E-state index in [1.807, 2.05) is 53.4 Å². The van der Waals surface area contributed by atoms with Gasteiger partial charge in [-0.15, -0.1) is 0 Å². The van der Waals surface area contributed by atoms with Crippen LogP contribution in [-0.4, -0.2) is 73.6 Å². The van der Waals surface area contributed by atoms with Gasteiger partial charge in [0, 0.05) is 39.1 Å². The van der Waals surface area contributed by atoms with Crippen LogP contribution >= 0.6 is 0 Å². The van der Waals surface area contributed by atoms with Gasteiger partial charge in [0.15, 0.2) is 17.3 Å². The fourth-order valence-corrected chi connectivity index (χ4v) is 4.30. The Hall–Kier alpha value is -3.39. The summed E-state index contributed by atoms with van der Waals surface area (Å²) in [5.41, 5.74) is 2.41. The number of hydrogen-bond donors (Lipinski definition) is 0. The number of para-hydroxylation sites is 1. The Morgan fingerprint density at radius 1 is 0.970 bits per heavy atom. The number of methoxy groups -OCH3 is 2. The van der Waals surface area contributed by atoms with Gasteiger partial charge in [-0.05, 0) is 36.8 Å². The summed E-state index contributed by atoms with van der Waals surface area (Å²) in [4.78, 5) is 29.5. The van der Waals surface area contributed by atoms with E-state index in [1.165, 1.54) is 0 Å². The molecule has 1 saturated heterocycles. The van der Waals surface area contributed by atoms with Crippen molar-refractivity contribution in [2.45, 2.75) is 25.9 Å². The minimum absolute atomic E-state index is 0.00476. The maximum absolute atomic E-state index is 13.2. The first kappa shape index (κ1) is 22.8. The van der Waals surface area contributed by atoms with E-state index >= 15 is 0 Å². The third-order valence-electron chi connectivity index (χ3n) is 6.16. The van der Waals surface area contributed by atoms with Gasteiger partial charge < -0.3 is 14.4 Å². The van der Waals surface area contributed by atoms with Gasteiger partial charge in [-0.2, -0.15) is 5.10 Å². The Balaban J connectivity index is 1.38. The molecule has 8 heteroatoms. The standard InChI is InChI=1S/C25H30N4O4/c1-18(30)22-16-21(26-29(22)20-7-5-4-6-8-20)25(31)28-13-11-27(12-14-28)17-19-9-10-23(32-2)24(15-19)33-3/h4-10,15,22H,11-14,16-17H2,1-3H3. The highest BCUT2D eigenvalue weighted by Crippen LogP contribution is 2.28. The number of ketones is 1. The molecule has 2 heterocycles. The first-order chi connectivity index (χ1) is 16.0. The minimum Gasteiger partial charge on any atom is -0.493 e. The van der Waals surface area contributed by atoms with E-state index in [9.17, 15) is 9.59 Å². The van der Waals surface area contributed by atoms with Crippen molar-refractivity contribution in [1.82, 2.24) is 9.80 Å². The van der Waals surface area contributed by atoms with E-state index in [4.69, 9.17) is 9.47 Å². The molecule has 0 spiro atoms. The third-order valence-corrected chi connectivity index (χ3v) is 6.16. The summed E-state index contributed by atoms with van der Waals surface area (Å²) in [5, 5.41) is 6.24. The smallest absolute Gasteiger partial charge is 0.270 e. The summed E-state index contributed by atoms with van der Waals surface area (Å²) < 4.78 is 10.7. The summed E-state index contributed by atoms with van der Waals surface area (Å²) in [6.07, 6.45) is 0.342. The lowest BCUT2D eigenvalue weighted by Gasteiger charge is -2.34. The molecule has 8 nitrogen and oxygen atoms in total. The SMILES string of the molecule is COc1ccc(CN2CCN(C(=O)C3=NN(c4ccccc4)C(C(C)=O)C3)CC2)cc1OC. The van der Waals surface area contributed by atoms with E-state index in [1.54, 1.807) is 26.2 Å². The van der Waals surface area contributed by atoms with E-state index in [2.05, 4.69) is 10.0 Å². The van der Waals surface area contributed by atoms with Gasteiger partial charge >= 0.3 is 0 Å². The zero-order valence-electron chi connectivity index (χ0n) is 19.4. The van der Waals surface area contributed by atoms with E-state index in [0.717, 1.165) is 30.9 Å². The van der Waals surface area contributed by atoms with E-state index < -0.39 is 6.04 Å². The molecule has 1 fully saturated rings. The summed E-state index contributed by atoms with van der Waals surface area (Å²) >= 11 is 0. The maximum Gasteiger partial charge on any atom is 0.270 e. The fraction of sp³-hybridized carbons (Fsp3) is 0.400. The fourth-order valence-electron chi connectivity index (χ4n) is 4.30. The second-order valence-corrected chi connectivity index (χ2v) is 8.32. The van der Waals surface area contributed by atoms with Crippen molar-refractivity contribution in [1.29, 1.82) is 0 Å². The minimum atomic E-state index is -0.433. The van der Waals surface area contributed by atoms with Gasteiger partial charge in [0.05, 0.1) is 19.9 Å². The molecule has 0 aliphatic carbocycles. The lowest BCUT2D eigenvalue weighted by atomic mass is 10.1. The molecule has 1 unspecified atom stereocenters. The highest BCUT2D eigenvalue weighted by atomic mass is 16.5. The Labute approximate surface area is 194 Å². The third kappa shape index (κ3) is 5.01. The summed E-state index contributed by atoms with van der Waals surface area (Å²) in [7, 11) is 3.26. The predicted octanol–water partition coefficient (Wildman–Crippen LogP) is 2.57. The van der Waals surface area contributed by atoms with Crippen LogP contribution in [0, 0.1) is 0 Å². The largest absolute Gasteiger partial charge is 0.493 e. The van der Waals surface area contributed by atoms with Crippen LogP contribution in [0.2, 0.25) is 0 Å². The number of ether oxygens (including phenoxy) is 2. The number of Topliss-reactive ketones (excluding diaryl/α,β-unsaturated/α-hetero) is 1. The molecule has 2 aromatic rings. The number of nitrogens with zero attached hydrogens (tertiary/aromatic N) is 4. The molecule has 2 aliphatic rings. The molecule has 2 aliphatic heterocycles. The van der Waals surface area contributed by atoms with Crippen LogP contribution in [0.5, 0.6) is 11.5 Å². The maximum atomic E-state index is 13.2. The first-order valence-corrected chi connectivity index (χ1v) is 11.1. The first-order valence-electron chi connectivity index (χ1n) is 11.1. The molecular formula is C25H30N4O4. The predicted molar refractivity (Wildman–Crippen MR) is 127 cm³/mol. The number of rotatable bonds is 7. The number of anilines is 1. The molecule has 33 heavy (non-hydrogen) atoms. The van der Waals surface area contributed by atoms with Crippen molar-refractivity contribution in [3.05, 3.63) is 54.1 Å². The average molecular weight is 451 g/mol. The quantitative estimate of drug-likeness (QED) is 0.646. The zero-order valence-corrected chi connectivity index (χ0v) is 19.4. The molecule has 0 N–H and O–H groups in total. The Morgan fingerprint density at radius 2 is 1.67 bits per heavy atom. The molecule has 0 radical (unpaired) electrons. The van der Waals surface area contributed by atoms with Crippen molar-refractivity contribution >= 4 is 23.1 Å². The van der Waals surface area contributed by atoms with Gasteiger partial charge in [0.25, 0.3) is 5.91 Å². The topological polar surface area (TPSA) is 74.7 Å². The summed E-state index contributed by atoms with van der Waals surface area (Å²) in [6, 6.07) is 15.0. The van der Waals surface area contributed by atoms with E-state index in [0.29, 0.717) is 36.7 Å². The second-order valence-electron chi connectivity index (χ2n) is 8.32. The molecule has 0 bridgehead atoms. The van der Waals surface area contributed by atoms with Crippen molar-refractivity contribution in [2.75, 3.05) is 45.4 Å². The van der Waals surface area contributed by atoms with Gasteiger partial charge in [-0.3, -0.25) is 19.5 Å². The number of piperazine rings is 1. The summed E-state index contributed by atoms with van der Waals surface area (Å²) in [6.45, 7) is 5.12. The average Bonchev–Trinajstić information content (AvgIpc) is 3.30. The molecule has 174 valence electrons. The Kier molecular flexibility index (Phi) is 6.93. The number of carbonyl (C=O) groups is 2. The molecule has 1 amide bonds. The van der Waals surface area contributed by atoms with Crippen LogP contribution in [0.15, 0.2) is 53.6 Å². The molecule has 4 rings (SSSR count). The van der Waals surface area contributed by atoms with Gasteiger partial charge in [0.1, 0.15) is 11.8 Å². The molecule has 2 aromatic carbocycles. The van der Waals surface area contributed by atoms with Crippen molar-refractivity contribution in [2.24, 2.45) is 5.10 Å². The van der Waals surface area contributed by atoms with Crippen LogP contribution in [0.4, 0.5) is 5.69 Å².